The first-order valence-corrected chi connectivity index (χ1v) is 9.51. The summed E-state index contributed by atoms with van der Waals surface area (Å²) in [5, 5.41) is 2.65. The maximum atomic E-state index is 2.41. The van der Waals surface area contributed by atoms with Gasteiger partial charge in [0.1, 0.15) is 0 Å². The molecule has 0 saturated carbocycles. The second-order valence-corrected chi connectivity index (χ2v) is 7.55. The molecule has 1 heteroatoms. The molecule has 0 aliphatic heterocycles. The summed E-state index contributed by atoms with van der Waals surface area (Å²) in [5.74, 6) is 0. The third-order valence-electron chi connectivity index (χ3n) is 5.86. The van der Waals surface area contributed by atoms with Crippen LogP contribution in [0, 0.1) is 6.92 Å². The average molecular weight is 345 g/mol. The number of para-hydroxylation sites is 1. The van der Waals surface area contributed by atoms with E-state index < -0.39 is 0 Å². The van der Waals surface area contributed by atoms with Crippen molar-refractivity contribution >= 4 is 21.8 Å². The fourth-order valence-electron chi connectivity index (χ4n) is 4.64. The summed E-state index contributed by atoms with van der Waals surface area (Å²) < 4.78 is 2.41. The Morgan fingerprint density at radius 2 is 1.41 bits per heavy atom. The number of benzene rings is 4. The number of aryl methyl sites for hydroxylation is 1. The summed E-state index contributed by atoms with van der Waals surface area (Å²) in [5.41, 5.74) is 10.7. The lowest BCUT2D eigenvalue weighted by atomic mass is 10.1. The van der Waals surface area contributed by atoms with Gasteiger partial charge in [-0.1, -0.05) is 60.2 Å². The molecule has 27 heavy (non-hydrogen) atoms. The Bertz CT molecular complexity index is 1350. The minimum atomic E-state index is 1.02. The Labute approximate surface area is 158 Å². The van der Waals surface area contributed by atoms with E-state index in [0.29, 0.717) is 0 Å². The Kier molecular flexibility index (Phi) is 2.93. The van der Waals surface area contributed by atoms with Crippen LogP contribution >= 0.6 is 0 Å². The van der Waals surface area contributed by atoms with Crippen LogP contribution < -0.4 is 0 Å². The van der Waals surface area contributed by atoms with E-state index in [1.807, 2.05) is 0 Å². The molecule has 0 fully saturated rings. The number of nitrogens with zero attached hydrogens (tertiary/aromatic N) is 1. The van der Waals surface area contributed by atoms with E-state index in [4.69, 9.17) is 0 Å². The molecule has 0 spiro atoms. The van der Waals surface area contributed by atoms with Gasteiger partial charge in [0, 0.05) is 16.5 Å². The Morgan fingerprint density at radius 3 is 2.37 bits per heavy atom. The molecule has 0 atom stereocenters. The molecule has 1 heterocycles. The Morgan fingerprint density at radius 1 is 0.630 bits per heavy atom. The lowest BCUT2D eigenvalue weighted by Gasteiger charge is -2.10. The molecule has 1 aliphatic carbocycles. The van der Waals surface area contributed by atoms with Crippen LogP contribution in [0.3, 0.4) is 0 Å². The second kappa shape index (κ2) is 5.34. The zero-order valence-corrected chi connectivity index (χ0v) is 15.2. The monoisotopic (exact) mass is 345 g/mol. The van der Waals surface area contributed by atoms with E-state index in [-0.39, 0.29) is 0 Å². The predicted octanol–water partition coefficient (Wildman–Crippen LogP) is 6.66. The molecule has 6 rings (SSSR count). The topological polar surface area (TPSA) is 4.93 Å². The first-order valence-electron chi connectivity index (χ1n) is 9.51. The molecular weight excluding hydrogens is 326 g/mol. The van der Waals surface area contributed by atoms with Crippen molar-refractivity contribution in [3.63, 3.8) is 0 Å². The van der Waals surface area contributed by atoms with E-state index in [1.165, 1.54) is 55.3 Å². The molecule has 4 aromatic carbocycles. The number of fused-ring (bicyclic) bond motifs is 6. The summed E-state index contributed by atoms with van der Waals surface area (Å²) >= 11 is 0. The minimum absolute atomic E-state index is 1.02. The number of hydrogen-bond acceptors (Lipinski definition) is 0. The van der Waals surface area contributed by atoms with E-state index in [2.05, 4.69) is 96.4 Å². The fraction of sp³-hybridized carbons (Fsp3) is 0.0769. The molecule has 1 aliphatic rings. The molecular formula is C26H19N. The van der Waals surface area contributed by atoms with Crippen molar-refractivity contribution in [2.45, 2.75) is 13.3 Å². The van der Waals surface area contributed by atoms with Crippen LogP contribution in [0.2, 0.25) is 0 Å². The predicted molar refractivity (Wildman–Crippen MR) is 114 cm³/mol. The van der Waals surface area contributed by atoms with E-state index >= 15 is 0 Å². The maximum absolute atomic E-state index is 2.41. The minimum Gasteiger partial charge on any atom is -0.309 e. The normalized spacial score (nSPS) is 12.5. The van der Waals surface area contributed by atoms with Gasteiger partial charge < -0.3 is 4.57 Å². The van der Waals surface area contributed by atoms with Gasteiger partial charge in [-0.15, -0.1) is 0 Å². The summed E-state index contributed by atoms with van der Waals surface area (Å²) in [6.07, 6.45) is 1.02. The lowest BCUT2D eigenvalue weighted by Crippen LogP contribution is -1.95. The molecule has 5 aromatic rings. The van der Waals surface area contributed by atoms with Gasteiger partial charge in [-0.05, 0) is 65.9 Å². The third-order valence-corrected chi connectivity index (χ3v) is 5.86. The Hall–Kier alpha value is -3.32. The van der Waals surface area contributed by atoms with Gasteiger partial charge >= 0.3 is 0 Å². The zero-order chi connectivity index (χ0) is 18.0. The molecule has 0 N–H and O–H groups in total. The van der Waals surface area contributed by atoms with Crippen LogP contribution in [0.25, 0.3) is 38.6 Å². The van der Waals surface area contributed by atoms with Crippen molar-refractivity contribution in [1.29, 1.82) is 0 Å². The van der Waals surface area contributed by atoms with Gasteiger partial charge in [-0.3, -0.25) is 0 Å². The molecule has 0 bridgehead atoms. The maximum Gasteiger partial charge on any atom is 0.0541 e. The van der Waals surface area contributed by atoms with Gasteiger partial charge in [0.25, 0.3) is 0 Å². The highest BCUT2D eigenvalue weighted by molar-refractivity contribution is 6.09. The van der Waals surface area contributed by atoms with Crippen LogP contribution in [-0.2, 0) is 6.42 Å². The second-order valence-electron chi connectivity index (χ2n) is 7.55. The van der Waals surface area contributed by atoms with Gasteiger partial charge in [-0.2, -0.15) is 0 Å². The van der Waals surface area contributed by atoms with Crippen LogP contribution in [0.5, 0.6) is 0 Å². The lowest BCUT2D eigenvalue weighted by molar-refractivity contribution is 1.16. The highest BCUT2D eigenvalue weighted by Gasteiger charge is 2.19. The smallest absolute Gasteiger partial charge is 0.0541 e. The van der Waals surface area contributed by atoms with Gasteiger partial charge in [0.15, 0.2) is 0 Å². The summed E-state index contributed by atoms with van der Waals surface area (Å²) in [7, 11) is 0. The van der Waals surface area contributed by atoms with Gasteiger partial charge in [0.2, 0.25) is 0 Å². The van der Waals surface area contributed by atoms with Crippen molar-refractivity contribution in [1.82, 2.24) is 4.57 Å². The molecule has 0 saturated heterocycles. The van der Waals surface area contributed by atoms with Crippen molar-refractivity contribution in [3.05, 3.63) is 102 Å². The van der Waals surface area contributed by atoms with Crippen LogP contribution in [0.4, 0.5) is 0 Å². The number of hydrogen-bond donors (Lipinski definition) is 0. The molecule has 128 valence electrons. The summed E-state index contributed by atoms with van der Waals surface area (Å²) in [6, 6.07) is 31.2. The van der Waals surface area contributed by atoms with Crippen molar-refractivity contribution in [3.8, 4) is 16.8 Å². The van der Waals surface area contributed by atoms with Gasteiger partial charge in [0.05, 0.1) is 11.0 Å². The van der Waals surface area contributed by atoms with Crippen LogP contribution in [-0.4, -0.2) is 4.57 Å². The quantitative estimate of drug-likeness (QED) is 0.314. The first-order chi connectivity index (χ1) is 13.3. The molecule has 0 amide bonds. The largest absolute Gasteiger partial charge is 0.309 e. The fourth-order valence-corrected chi connectivity index (χ4v) is 4.64. The highest BCUT2D eigenvalue weighted by atomic mass is 15.0. The number of aromatic nitrogens is 1. The zero-order valence-electron chi connectivity index (χ0n) is 15.2. The number of rotatable bonds is 1. The van der Waals surface area contributed by atoms with Crippen molar-refractivity contribution in [2.75, 3.05) is 0 Å². The highest BCUT2D eigenvalue weighted by Crippen LogP contribution is 2.39. The standard InChI is InChI=1S/C26H19N/c1-17-10-13-26-24(14-17)23-8-4-5-9-25(23)27(26)20-11-12-22-19(16-20)15-18-6-2-3-7-21(18)22/h2-14,16H,15H2,1H3. The third kappa shape index (κ3) is 2.06. The SMILES string of the molecule is Cc1ccc2c(c1)c1ccccc1n2-c1ccc2c(c1)Cc1ccccc1-2. The molecule has 1 nitrogen and oxygen atoms in total. The Balaban J connectivity index is 1.64. The average Bonchev–Trinajstić information content (AvgIpc) is 3.22. The first kappa shape index (κ1) is 14.8. The van der Waals surface area contributed by atoms with E-state index in [0.717, 1.165) is 6.42 Å². The van der Waals surface area contributed by atoms with Crippen LogP contribution in [0.1, 0.15) is 16.7 Å². The summed E-state index contributed by atoms with van der Waals surface area (Å²) in [6.45, 7) is 2.16. The van der Waals surface area contributed by atoms with E-state index in [1.54, 1.807) is 0 Å². The van der Waals surface area contributed by atoms with Crippen LogP contribution in [0.15, 0.2) is 84.9 Å². The summed E-state index contributed by atoms with van der Waals surface area (Å²) in [4.78, 5) is 0. The van der Waals surface area contributed by atoms with Crippen molar-refractivity contribution in [2.24, 2.45) is 0 Å². The molecule has 1 aromatic heterocycles. The van der Waals surface area contributed by atoms with Gasteiger partial charge in [-0.25, -0.2) is 0 Å². The molecule has 0 unspecified atom stereocenters. The molecule has 0 radical (unpaired) electrons. The van der Waals surface area contributed by atoms with E-state index in [9.17, 15) is 0 Å². The van der Waals surface area contributed by atoms with Crippen molar-refractivity contribution < 1.29 is 0 Å².